The smallest absolute Gasteiger partial charge is 0.274 e. The number of amides is 1. The number of fused-ring (bicyclic) bond motifs is 1. The first-order valence-corrected chi connectivity index (χ1v) is 10.3. The van der Waals surface area contributed by atoms with E-state index in [1.807, 2.05) is 32.0 Å². The number of carbonyl (C=O) groups excluding carboxylic acids is 1. The van der Waals surface area contributed by atoms with Crippen molar-refractivity contribution >= 4 is 22.4 Å². The van der Waals surface area contributed by atoms with Gasteiger partial charge in [0.15, 0.2) is 5.69 Å². The molecule has 1 atom stereocenters. The first kappa shape index (κ1) is 20.1. The van der Waals surface area contributed by atoms with Crippen LogP contribution in [0.3, 0.4) is 0 Å². The highest BCUT2D eigenvalue weighted by Crippen LogP contribution is 2.21. The third kappa shape index (κ3) is 3.93. The third-order valence-corrected chi connectivity index (χ3v) is 5.50. The van der Waals surface area contributed by atoms with Crippen molar-refractivity contribution in [2.75, 3.05) is 31.2 Å². The zero-order valence-electron chi connectivity index (χ0n) is 17.3. The number of anilines is 1. The summed E-state index contributed by atoms with van der Waals surface area (Å²) in [5.74, 6) is -0.293. The number of morpholine rings is 1. The van der Waals surface area contributed by atoms with Crippen LogP contribution in [0.15, 0.2) is 53.3 Å². The Morgan fingerprint density at radius 2 is 1.77 bits per heavy atom. The standard InChI is InChI=1S/C23H26N4O3/c1-3-27-23(29)20-7-5-4-6-19(20)21(25-27)22(28)24-16(2)17-8-10-18(11-9-17)26-12-14-30-15-13-26/h4-11,16H,3,12-15H2,1-2H3,(H,24,28)/t16-/m0/s1. The van der Waals surface area contributed by atoms with E-state index < -0.39 is 0 Å². The molecule has 7 heteroatoms. The van der Waals surface area contributed by atoms with Crippen molar-refractivity contribution in [1.29, 1.82) is 0 Å². The minimum atomic E-state index is -0.293. The van der Waals surface area contributed by atoms with Crippen LogP contribution >= 0.6 is 0 Å². The molecular formula is C23H26N4O3. The predicted molar refractivity (Wildman–Crippen MR) is 117 cm³/mol. The number of hydrogen-bond donors (Lipinski definition) is 1. The van der Waals surface area contributed by atoms with Gasteiger partial charge in [0.05, 0.1) is 24.6 Å². The van der Waals surface area contributed by atoms with E-state index >= 15 is 0 Å². The summed E-state index contributed by atoms with van der Waals surface area (Å²) in [6.07, 6.45) is 0. The summed E-state index contributed by atoms with van der Waals surface area (Å²) in [5, 5.41) is 8.41. The Morgan fingerprint density at radius 3 is 2.43 bits per heavy atom. The molecule has 3 aromatic rings. The van der Waals surface area contributed by atoms with Gasteiger partial charge in [-0.05, 0) is 37.6 Å². The maximum absolute atomic E-state index is 13.0. The zero-order valence-corrected chi connectivity index (χ0v) is 17.3. The van der Waals surface area contributed by atoms with Gasteiger partial charge in [-0.1, -0.05) is 30.3 Å². The Bertz CT molecular complexity index is 1100. The number of benzene rings is 2. The molecule has 1 saturated heterocycles. The van der Waals surface area contributed by atoms with Crippen molar-refractivity contribution in [2.24, 2.45) is 0 Å². The van der Waals surface area contributed by atoms with Gasteiger partial charge in [0.25, 0.3) is 11.5 Å². The Hall–Kier alpha value is -3.19. The van der Waals surface area contributed by atoms with Crippen molar-refractivity contribution in [1.82, 2.24) is 15.1 Å². The van der Waals surface area contributed by atoms with Gasteiger partial charge in [-0.3, -0.25) is 9.59 Å². The molecule has 2 heterocycles. The van der Waals surface area contributed by atoms with Crippen molar-refractivity contribution in [3.63, 3.8) is 0 Å². The molecule has 0 bridgehead atoms. The molecule has 0 aliphatic carbocycles. The quantitative estimate of drug-likeness (QED) is 0.705. The summed E-state index contributed by atoms with van der Waals surface area (Å²) in [6.45, 7) is 7.45. The first-order chi connectivity index (χ1) is 14.6. The lowest BCUT2D eigenvalue weighted by atomic mass is 10.1. The first-order valence-electron chi connectivity index (χ1n) is 10.3. The summed E-state index contributed by atoms with van der Waals surface area (Å²) in [7, 11) is 0. The van der Waals surface area contributed by atoms with Crippen LogP contribution in [-0.2, 0) is 11.3 Å². The predicted octanol–water partition coefficient (Wildman–Crippen LogP) is 2.74. The van der Waals surface area contributed by atoms with Crippen LogP contribution in [0.4, 0.5) is 5.69 Å². The summed E-state index contributed by atoms with van der Waals surface area (Å²) in [4.78, 5) is 27.8. The molecule has 4 rings (SSSR count). The molecule has 1 aromatic heterocycles. The largest absolute Gasteiger partial charge is 0.378 e. The number of rotatable bonds is 5. The number of carbonyl (C=O) groups is 1. The molecule has 0 spiro atoms. The molecule has 0 radical (unpaired) electrons. The summed E-state index contributed by atoms with van der Waals surface area (Å²) in [6, 6.07) is 15.1. The van der Waals surface area contributed by atoms with E-state index in [4.69, 9.17) is 4.74 Å². The highest BCUT2D eigenvalue weighted by Gasteiger charge is 2.19. The van der Waals surface area contributed by atoms with E-state index in [1.54, 1.807) is 18.2 Å². The average molecular weight is 406 g/mol. The van der Waals surface area contributed by atoms with Crippen molar-refractivity contribution in [3.05, 3.63) is 70.1 Å². The van der Waals surface area contributed by atoms with Gasteiger partial charge in [0.2, 0.25) is 0 Å². The van der Waals surface area contributed by atoms with E-state index in [0.717, 1.165) is 37.6 Å². The zero-order chi connectivity index (χ0) is 21.1. The van der Waals surface area contributed by atoms with Crippen LogP contribution in [0.2, 0.25) is 0 Å². The number of hydrogen-bond acceptors (Lipinski definition) is 5. The van der Waals surface area contributed by atoms with Gasteiger partial charge < -0.3 is 15.0 Å². The molecule has 7 nitrogen and oxygen atoms in total. The number of ether oxygens (including phenoxy) is 1. The van der Waals surface area contributed by atoms with Crippen molar-refractivity contribution in [3.8, 4) is 0 Å². The van der Waals surface area contributed by atoms with Gasteiger partial charge in [-0.15, -0.1) is 0 Å². The second-order valence-electron chi connectivity index (χ2n) is 7.40. The maximum atomic E-state index is 13.0. The summed E-state index contributed by atoms with van der Waals surface area (Å²) < 4.78 is 6.74. The second kappa shape index (κ2) is 8.67. The van der Waals surface area contributed by atoms with E-state index in [-0.39, 0.29) is 23.2 Å². The number of aryl methyl sites for hydroxylation is 1. The maximum Gasteiger partial charge on any atom is 0.274 e. The van der Waals surface area contributed by atoms with Gasteiger partial charge in [0.1, 0.15) is 0 Å². The van der Waals surface area contributed by atoms with Crippen LogP contribution < -0.4 is 15.8 Å². The topological polar surface area (TPSA) is 76.5 Å². The average Bonchev–Trinajstić information content (AvgIpc) is 2.80. The Labute approximate surface area is 175 Å². The fraction of sp³-hybridized carbons (Fsp3) is 0.348. The fourth-order valence-electron chi connectivity index (χ4n) is 3.76. The SMILES string of the molecule is CCn1nc(C(=O)N[C@@H](C)c2ccc(N3CCOCC3)cc2)c2ccccc2c1=O. The molecular weight excluding hydrogens is 380 g/mol. The molecule has 1 N–H and O–H groups in total. The summed E-state index contributed by atoms with van der Waals surface area (Å²) >= 11 is 0. The molecule has 30 heavy (non-hydrogen) atoms. The van der Waals surface area contributed by atoms with Crippen molar-refractivity contribution in [2.45, 2.75) is 26.4 Å². The Kier molecular flexibility index (Phi) is 5.81. The van der Waals surface area contributed by atoms with E-state index in [0.29, 0.717) is 17.3 Å². The van der Waals surface area contributed by atoms with E-state index in [2.05, 4.69) is 27.4 Å². The highest BCUT2D eigenvalue weighted by molar-refractivity contribution is 6.04. The monoisotopic (exact) mass is 406 g/mol. The van der Waals surface area contributed by atoms with Crippen molar-refractivity contribution < 1.29 is 9.53 Å². The molecule has 1 fully saturated rings. The van der Waals surface area contributed by atoms with Crippen LogP contribution in [0.5, 0.6) is 0 Å². The molecule has 1 aliphatic rings. The molecule has 1 aliphatic heterocycles. The van der Waals surface area contributed by atoms with E-state index in [9.17, 15) is 9.59 Å². The lowest BCUT2D eigenvalue weighted by Crippen LogP contribution is -2.36. The van der Waals surface area contributed by atoms with Crippen LogP contribution in [-0.4, -0.2) is 42.0 Å². The molecule has 1 amide bonds. The van der Waals surface area contributed by atoms with Gasteiger partial charge in [-0.25, -0.2) is 4.68 Å². The van der Waals surface area contributed by atoms with Crippen LogP contribution in [0.1, 0.15) is 35.9 Å². The number of nitrogens with zero attached hydrogens (tertiary/aromatic N) is 3. The normalized spacial score (nSPS) is 15.2. The van der Waals surface area contributed by atoms with Crippen LogP contribution in [0.25, 0.3) is 10.8 Å². The Morgan fingerprint density at radius 1 is 1.10 bits per heavy atom. The van der Waals surface area contributed by atoms with Crippen LogP contribution in [0, 0.1) is 0 Å². The third-order valence-electron chi connectivity index (χ3n) is 5.50. The minimum absolute atomic E-state index is 0.184. The van der Waals surface area contributed by atoms with Gasteiger partial charge in [-0.2, -0.15) is 5.10 Å². The molecule has 2 aromatic carbocycles. The number of nitrogens with one attached hydrogen (secondary N) is 1. The molecule has 0 unspecified atom stereocenters. The lowest BCUT2D eigenvalue weighted by Gasteiger charge is -2.29. The van der Waals surface area contributed by atoms with Gasteiger partial charge in [0, 0.05) is 30.7 Å². The number of aromatic nitrogens is 2. The second-order valence-corrected chi connectivity index (χ2v) is 7.40. The van der Waals surface area contributed by atoms with Gasteiger partial charge >= 0.3 is 0 Å². The minimum Gasteiger partial charge on any atom is -0.378 e. The summed E-state index contributed by atoms with van der Waals surface area (Å²) in [5.41, 5.74) is 2.25. The fourth-order valence-corrected chi connectivity index (χ4v) is 3.76. The highest BCUT2D eigenvalue weighted by atomic mass is 16.5. The Balaban J connectivity index is 1.55. The molecule has 156 valence electrons. The van der Waals surface area contributed by atoms with E-state index in [1.165, 1.54) is 4.68 Å². The molecule has 0 saturated carbocycles. The lowest BCUT2D eigenvalue weighted by molar-refractivity contribution is 0.0934.